The molecule has 0 saturated carbocycles. The molecule has 21 heavy (non-hydrogen) atoms. The number of nitrogens with zero attached hydrogens (tertiary/aromatic N) is 1. The van der Waals surface area contributed by atoms with Crippen LogP contribution in [0, 0.1) is 18.3 Å². The van der Waals surface area contributed by atoms with Gasteiger partial charge in [0.05, 0.1) is 5.56 Å². The second-order valence-electron chi connectivity index (χ2n) is 4.52. The van der Waals surface area contributed by atoms with Crippen molar-refractivity contribution >= 4 is 17.3 Å². The summed E-state index contributed by atoms with van der Waals surface area (Å²) >= 11 is 0. The van der Waals surface area contributed by atoms with Gasteiger partial charge in [-0.05, 0) is 36.8 Å². The first-order chi connectivity index (χ1) is 10.1. The molecule has 2 rings (SSSR count). The normalized spacial score (nSPS) is 9.71. The van der Waals surface area contributed by atoms with E-state index in [1.54, 1.807) is 12.1 Å². The summed E-state index contributed by atoms with van der Waals surface area (Å²) in [4.78, 5) is 11.9. The molecule has 0 bridgehead atoms. The van der Waals surface area contributed by atoms with Crippen LogP contribution in [0.25, 0.3) is 0 Å². The van der Waals surface area contributed by atoms with Gasteiger partial charge in [0, 0.05) is 11.4 Å². The Balaban J connectivity index is 1.99. The number of benzene rings is 2. The maximum Gasteiger partial charge on any atom is 0.262 e. The molecule has 0 atom stereocenters. The summed E-state index contributed by atoms with van der Waals surface area (Å²) in [6, 6.07) is 14.2. The molecule has 0 fully saturated rings. The lowest BCUT2D eigenvalue weighted by atomic mass is 10.2. The molecule has 1 amide bonds. The third-order valence-electron chi connectivity index (χ3n) is 2.90. The minimum absolute atomic E-state index is 0.174. The van der Waals surface area contributed by atoms with E-state index in [0.717, 1.165) is 11.3 Å². The van der Waals surface area contributed by atoms with Gasteiger partial charge in [0.15, 0.2) is 6.61 Å². The predicted molar refractivity (Wildman–Crippen MR) is 80.9 cm³/mol. The highest BCUT2D eigenvalue weighted by Gasteiger charge is 2.08. The smallest absolute Gasteiger partial charge is 0.262 e. The maximum atomic E-state index is 11.9. The summed E-state index contributed by atoms with van der Waals surface area (Å²) in [6.07, 6.45) is 0. The minimum Gasteiger partial charge on any atom is -0.482 e. The van der Waals surface area contributed by atoms with E-state index >= 15 is 0 Å². The van der Waals surface area contributed by atoms with Crippen molar-refractivity contribution in [3.8, 4) is 11.8 Å². The van der Waals surface area contributed by atoms with Gasteiger partial charge in [0.25, 0.3) is 5.91 Å². The van der Waals surface area contributed by atoms with Gasteiger partial charge in [-0.3, -0.25) is 4.79 Å². The fraction of sp³-hybridized carbons (Fsp3) is 0.125. The number of nitriles is 1. The number of anilines is 2. The van der Waals surface area contributed by atoms with E-state index in [1.807, 2.05) is 37.3 Å². The Morgan fingerprint density at radius 3 is 2.81 bits per heavy atom. The number of carbonyl (C=O) groups is 1. The van der Waals surface area contributed by atoms with E-state index in [0.29, 0.717) is 17.0 Å². The number of hydrogen-bond donors (Lipinski definition) is 2. The summed E-state index contributed by atoms with van der Waals surface area (Å²) in [7, 11) is 0. The Morgan fingerprint density at radius 1 is 1.33 bits per heavy atom. The van der Waals surface area contributed by atoms with Crippen LogP contribution in [-0.4, -0.2) is 12.5 Å². The maximum absolute atomic E-state index is 11.9. The fourth-order valence-electron chi connectivity index (χ4n) is 1.80. The van der Waals surface area contributed by atoms with Crippen molar-refractivity contribution in [3.63, 3.8) is 0 Å². The summed E-state index contributed by atoms with van der Waals surface area (Å²) in [5.41, 5.74) is 8.08. The Bertz CT molecular complexity index is 705. The molecule has 106 valence electrons. The Hall–Kier alpha value is -3.00. The number of nitrogen functional groups attached to an aromatic ring is 1. The van der Waals surface area contributed by atoms with Gasteiger partial charge in [0.1, 0.15) is 11.8 Å². The molecule has 0 heterocycles. The van der Waals surface area contributed by atoms with Gasteiger partial charge in [0.2, 0.25) is 0 Å². The van der Waals surface area contributed by atoms with Crippen molar-refractivity contribution in [1.82, 2.24) is 0 Å². The van der Waals surface area contributed by atoms with E-state index in [9.17, 15) is 4.79 Å². The van der Waals surface area contributed by atoms with Crippen molar-refractivity contribution in [2.24, 2.45) is 0 Å². The second kappa shape index (κ2) is 6.44. The largest absolute Gasteiger partial charge is 0.482 e. The van der Waals surface area contributed by atoms with Crippen molar-refractivity contribution in [3.05, 3.63) is 53.6 Å². The van der Waals surface area contributed by atoms with Gasteiger partial charge in [-0.2, -0.15) is 5.26 Å². The first-order valence-corrected chi connectivity index (χ1v) is 6.38. The number of rotatable bonds is 4. The van der Waals surface area contributed by atoms with E-state index in [2.05, 4.69) is 5.32 Å². The summed E-state index contributed by atoms with van der Waals surface area (Å²) in [5.74, 6) is 0.0525. The highest BCUT2D eigenvalue weighted by molar-refractivity contribution is 5.92. The third kappa shape index (κ3) is 3.74. The SMILES string of the molecule is Cc1ccccc1NC(=O)COc1ccc(N)cc1C#N. The van der Waals surface area contributed by atoms with Crippen molar-refractivity contribution in [2.45, 2.75) is 6.92 Å². The van der Waals surface area contributed by atoms with E-state index in [4.69, 9.17) is 15.7 Å². The molecule has 0 spiro atoms. The van der Waals surface area contributed by atoms with E-state index in [-0.39, 0.29) is 12.5 Å². The zero-order chi connectivity index (χ0) is 15.2. The van der Waals surface area contributed by atoms with Crippen LogP contribution < -0.4 is 15.8 Å². The number of ether oxygens (including phenoxy) is 1. The predicted octanol–water partition coefficient (Wildman–Crippen LogP) is 2.47. The molecule has 0 aliphatic rings. The summed E-state index contributed by atoms with van der Waals surface area (Å²) in [6.45, 7) is 1.73. The van der Waals surface area contributed by atoms with Gasteiger partial charge in [-0.15, -0.1) is 0 Å². The fourth-order valence-corrected chi connectivity index (χ4v) is 1.80. The van der Waals surface area contributed by atoms with Crippen LogP contribution in [0.2, 0.25) is 0 Å². The number of nitrogens with one attached hydrogen (secondary N) is 1. The molecular formula is C16H15N3O2. The quantitative estimate of drug-likeness (QED) is 0.843. The molecule has 0 aromatic heterocycles. The van der Waals surface area contributed by atoms with Crippen molar-refractivity contribution < 1.29 is 9.53 Å². The lowest BCUT2D eigenvalue weighted by Gasteiger charge is -2.10. The molecule has 0 unspecified atom stereocenters. The highest BCUT2D eigenvalue weighted by atomic mass is 16.5. The lowest BCUT2D eigenvalue weighted by Crippen LogP contribution is -2.20. The molecule has 0 aliphatic heterocycles. The zero-order valence-electron chi connectivity index (χ0n) is 11.6. The standard InChI is InChI=1S/C16H15N3O2/c1-11-4-2-3-5-14(11)19-16(20)10-21-15-7-6-13(18)8-12(15)9-17/h2-8H,10,18H2,1H3,(H,19,20). The highest BCUT2D eigenvalue weighted by Crippen LogP contribution is 2.20. The van der Waals surface area contributed by atoms with Crippen molar-refractivity contribution in [2.75, 3.05) is 17.7 Å². The molecule has 2 aromatic rings. The number of nitrogens with two attached hydrogens (primary N) is 1. The first-order valence-electron chi connectivity index (χ1n) is 6.38. The number of carbonyl (C=O) groups excluding carboxylic acids is 1. The monoisotopic (exact) mass is 281 g/mol. The Labute approximate surface area is 123 Å². The zero-order valence-corrected chi connectivity index (χ0v) is 11.6. The number of aryl methyl sites for hydroxylation is 1. The summed E-state index contributed by atoms with van der Waals surface area (Å²) in [5, 5.41) is 11.8. The van der Waals surface area contributed by atoms with E-state index in [1.165, 1.54) is 6.07 Å². The first kappa shape index (κ1) is 14.4. The van der Waals surface area contributed by atoms with Gasteiger partial charge in [-0.1, -0.05) is 18.2 Å². The molecule has 0 radical (unpaired) electrons. The average Bonchev–Trinajstić information content (AvgIpc) is 2.48. The number of para-hydroxylation sites is 1. The van der Waals surface area contributed by atoms with Crippen LogP contribution in [-0.2, 0) is 4.79 Å². The van der Waals surface area contributed by atoms with Crippen LogP contribution in [0.5, 0.6) is 5.75 Å². The Kier molecular flexibility index (Phi) is 4.42. The molecule has 2 aromatic carbocycles. The van der Waals surface area contributed by atoms with Crippen LogP contribution in [0.3, 0.4) is 0 Å². The van der Waals surface area contributed by atoms with Gasteiger partial charge < -0.3 is 15.8 Å². The number of amides is 1. The topological polar surface area (TPSA) is 88.1 Å². The molecule has 0 aliphatic carbocycles. The molecule has 0 saturated heterocycles. The lowest BCUT2D eigenvalue weighted by molar-refractivity contribution is -0.118. The number of hydrogen-bond acceptors (Lipinski definition) is 4. The second-order valence-corrected chi connectivity index (χ2v) is 4.52. The molecular weight excluding hydrogens is 266 g/mol. The van der Waals surface area contributed by atoms with Crippen LogP contribution in [0.4, 0.5) is 11.4 Å². The molecule has 5 nitrogen and oxygen atoms in total. The van der Waals surface area contributed by atoms with Crippen molar-refractivity contribution in [1.29, 1.82) is 5.26 Å². The van der Waals surface area contributed by atoms with Crippen LogP contribution >= 0.6 is 0 Å². The van der Waals surface area contributed by atoms with E-state index < -0.39 is 0 Å². The van der Waals surface area contributed by atoms with Gasteiger partial charge in [-0.25, -0.2) is 0 Å². The van der Waals surface area contributed by atoms with Crippen LogP contribution in [0.15, 0.2) is 42.5 Å². The average molecular weight is 281 g/mol. The molecule has 5 heteroatoms. The summed E-state index contributed by atoms with van der Waals surface area (Å²) < 4.78 is 5.37. The van der Waals surface area contributed by atoms with Crippen LogP contribution in [0.1, 0.15) is 11.1 Å². The Morgan fingerprint density at radius 2 is 2.10 bits per heavy atom. The minimum atomic E-state index is -0.287. The molecule has 3 N–H and O–H groups in total. The third-order valence-corrected chi connectivity index (χ3v) is 2.90. The van der Waals surface area contributed by atoms with Gasteiger partial charge >= 0.3 is 0 Å².